The van der Waals surface area contributed by atoms with Crippen molar-refractivity contribution in [3.05, 3.63) is 42.5 Å². The number of benzene rings is 1. The Labute approximate surface area is 180 Å². The minimum Gasteiger partial charge on any atom is -0.872 e. The molecule has 3 aromatic rings. The topological polar surface area (TPSA) is 215 Å². The second kappa shape index (κ2) is 8.29. The van der Waals surface area contributed by atoms with Crippen molar-refractivity contribution >= 4 is 33.2 Å². The van der Waals surface area contributed by atoms with Gasteiger partial charge in [0.2, 0.25) is 0 Å². The highest BCUT2D eigenvalue weighted by atomic mass is 32.2. The van der Waals surface area contributed by atoms with E-state index in [1.165, 1.54) is 29.4 Å². The summed E-state index contributed by atoms with van der Waals surface area (Å²) in [6.07, 6.45) is -3.03. The summed E-state index contributed by atoms with van der Waals surface area (Å²) in [5, 5.41) is 32.3. The van der Waals surface area contributed by atoms with Gasteiger partial charge in [0.1, 0.15) is 30.2 Å². The lowest BCUT2D eigenvalue weighted by molar-refractivity contribution is -0.268. The van der Waals surface area contributed by atoms with Gasteiger partial charge in [0.25, 0.3) is 5.91 Å². The Kier molecular flexibility index (Phi) is 5.66. The number of hydrogen-bond donors (Lipinski definition) is 4. The van der Waals surface area contributed by atoms with Crippen molar-refractivity contribution in [3.63, 3.8) is 0 Å². The van der Waals surface area contributed by atoms with Crippen LogP contribution in [0, 0.1) is 0 Å². The van der Waals surface area contributed by atoms with Crippen LogP contribution in [0.1, 0.15) is 16.6 Å². The first-order chi connectivity index (χ1) is 15.2. The monoisotopic (exact) mass is 465 g/mol. The molecule has 1 amide bonds. The fraction of sp³-hybridized carbons (Fsp3) is 0.294. The number of carbonyl (C=O) groups excluding carboxylic acids is 1. The van der Waals surface area contributed by atoms with Gasteiger partial charge in [-0.2, -0.15) is 8.42 Å². The summed E-state index contributed by atoms with van der Waals surface area (Å²) >= 11 is 0. The van der Waals surface area contributed by atoms with Gasteiger partial charge in [-0.3, -0.25) is 13.5 Å². The molecule has 0 radical (unpaired) electrons. The summed E-state index contributed by atoms with van der Waals surface area (Å²) in [4.78, 5) is 23.9. The second-order valence-corrected chi connectivity index (χ2v) is 8.14. The van der Waals surface area contributed by atoms with Crippen molar-refractivity contribution in [2.75, 3.05) is 12.3 Å². The Bertz CT molecular complexity index is 1260. The van der Waals surface area contributed by atoms with Crippen LogP contribution < -0.4 is 15.6 Å². The Balaban J connectivity index is 1.44. The van der Waals surface area contributed by atoms with E-state index in [1.807, 2.05) is 0 Å². The van der Waals surface area contributed by atoms with Crippen LogP contribution in [0.3, 0.4) is 0 Å². The van der Waals surface area contributed by atoms with E-state index >= 15 is 0 Å². The van der Waals surface area contributed by atoms with Gasteiger partial charge in [-0.1, -0.05) is 30.0 Å². The molecule has 5 N–H and O–H groups in total. The van der Waals surface area contributed by atoms with Crippen LogP contribution in [-0.4, -0.2) is 69.0 Å². The molecule has 4 rings (SSSR count). The number of fused-ring (bicyclic) bond motifs is 1. The molecular formula is C17H17N6O8S-. The zero-order valence-electron chi connectivity index (χ0n) is 16.1. The van der Waals surface area contributed by atoms with E-state index in [2.05, 4.69) is 15.0 Å². The third-order valence-electron chi connectivity index (χ3n) is 4.74. The van der Waals surface area contributed by atoms with Crippen LogP contribution >= 0.6 is 0 Å². The zero-order valence-corrected chi connectivity index (χ0v) is 16.9. The molecule has 0 aliphatic carbocycles. The fourth-order valence-electron chi connectivity index (χ4n) is 3.16. The van der Waals surface area contributed by atoms with Gasteiger partial charge in [0, 0.05) is 5.56 Å². The highest BCUT2D eigenvalue weighted by molar-refractivity contribution is 7.85. The van der Waals surface area contributed by atoms with Crippen LogP contribution in [0.4, 0.5) is 5.82 Å². The van der Waals surface area contributed by atoms with Gasteiger partial charge in [-0.25, -0.2) is 19.7 Å². The van der Waals surface area contributed by atoms with E-state index in [-0.39, 0.29) is 22.5 Å². The molecule has 2 unspecified atom stereocenters. The maximum absolute atomic E-state index is 12.1. The molecule has 2 aromatic heterocycles. The average Bonchev–Trinajstić information content (AvgIpc) is 3.29. The van der Waals surface area contributed by atoms with E-state index in [9.17, 15) is 28.5 Å². The van der Waals surface area contributed by atoms with Crippen LogP contribution in [0.15, 0.2) is 36.9 Å². The minimum absolute atomic E-state index is 0.100. The Morgan fingerprint density at radius 3 is 2.75 bits per heavy atom. The molecule has 1 aliphatic heterocycles. The first kappa shape index (κ1) is 21.8. The van der Waals surface area contributed by atoms with Gasteiger partial charge < -0.3 is 25.8 Å². The smallest absolute Gasteiger partial charge is 0.362 e. The van der Waals surface area contributed by atoms with Crippen molar-refractivity contribution in [1.82, 2.24) is 24.2 Å². The molecule has 0 saturated carbocycles. The third-order valence-corrected chi connectivity index (χ3v) is 5.62. The number of nitrogen functional groups attached to an aromatic ring is 1. The summed E-state index contributed by atoms with van der Waals surface area (Å²) in [6.45, 7) is -0.736. The number of amides is 1. The molecule has 4 atom stereocenters. The van der Waals surface area contributed by atoms with Crippen LogP contribution in [0.2, 0.25) is 0 Å². The third kappa shape index (κ3) is 4.06. The lowest BCUT2D eigenvalue weighted by atomic mass is 10.1. The molecule has 14 nitrogen and oxygen atoms in total. The van der Waals surface area contributed by atoms with E-state index in [4.69, 9.17) is 14.7 Å². The summed E-state index contributed by atoms with van der Waals surface area (Å²) in [5.41, 5.74) is 5.81. The van der Waals surface area contributed by atoms with E-state index in [0.717, 1.165) is 12.1 Å². The number of nitrogens with two attached hydrogens (primary N) is 1. The van der Waals surface area contributed by atoms with E-state index < -0.39 is 53.1 Å². The Morgan fingerprint density at radius 1 is 1.25 bits per heavy atom. The Morgan fingerprint density at radius 2 is 2.00 bits per heavy atom. The van der Waals surface area contributed by atoms with Crippen molar-refractivity contribution in [2.24, 2.45) is 0 Å². The standard InChI is InChI=1S/C17H18N6O8S/c18-14-11-15(20-6-19-14)23(7-21-11)17-13(26)12(25)10(31-17)5-30-32(28,29)22-16(27)8-3-1-2-4-9(8)24/h1-4,6-7,10,12-13,17,24-26H,5H2,(H,22,27)(H2,18,19,20)/p-1/t10-,12?,13?,17-/m1/s1. The number of aliphatic hydroxyl groups is 2. The molecule has 1 aliphatic rings. The number of nitrogens with one attached hydrogen (secondary N) is 1. The van der Waals surface area contributed by atoms with Crippen LogP contribution in [0.25, 0.3) is 11.2 Å². The predicted molar refractivity (Wildman–Crippen MR) is 104 cm³/mol. The van der Waals surface area contributed by atoms with Crippen molar-refractivity contribution in [2.45, 2.75) is 24.5 Å². The number of carbonyl (C=O) groups is 1. The maximum Gasteiger partial charge on any atom is 0.362 e. The fourth-order valence-corrected chi connectivity index (χ4v) is 3.87. The van der Waals surface area contributed by atoms with Crippen LogP contribution in [0.5, 0.6) is 5.75 Å². The number of aliphatic hydroxyl groups excluding tert-OH is 2. The first-order valence-corrected chi connectivity index (χ1v) is 10.5. The number of para-hydroxylation sites is 1. The minimum atomic E-state index is -4.65. The highest BCUT2D eigenvalue weighted by Gasteiger charge is 2.45. The number of rotatable bonds is 6. The first-order valence-electron chi connectivity index (χ1n) is 9.10. The zero-order chi connectivity index (χ0) is 23.0. The van der Waals surface area contributed by atoms with E-state index in [0.29, 0.717) is 0 Å². The average molecular weight is 465 g/mol. The van der Waals surface area contributed by atoms with Crippen molar-refractivity contribution < 1.29 is 37.5 Å². The molecule has 1 saturated heterocycles. The van der Waals surface area contributed by atoms with Gasteiger partial charge >= 0.3 is 10.3 Å². The lowest BCUT2D eigenvalue weighted by Gasteiger charge is -2.16. The number of nitrogens with zero attached hydrogens (tertiary/aromatic N) is 4. The Hall–Kier alpha value is -3.37. The summed E-state index contributed by atoms with van der Waals surface area (Å²) in [5.74, 6) is -1.75. The van der Waals surface area contributed by atoms with Crippen LogP contribution in [-0.2, 0) is 19.2 Å². The van der Waals surface area contributed by atoms with Crippen molar-refractivity contribution in [3.8, 4) is 5.75 Å². The second-order valence-electron chi connectivity index (χ2n) is 6.80. The summed E-state index contributed by atoms with van der Waals surface area (Å²) in [6, 6.07) is 5.05. The maximum atomic E-state index is 12.1. The molecule has 32 heavy (non-hydrogen) atoms. The van der Waals surface area contributed by atoms with Gasteiger partial charge in [-0.15, -0.1) is 0 Å². The van der Waals surface area contributed by atoms with Gasteiger partial charge in [0.05, 0.1) is 12.9 Å². The molecule has 3 heterocycles. The quantitative estimate of drug-likeness (QED) is 0.305. The van der Waals surface area contributed by atoms with E-state index in [1.54, 1.807) is 4.72 Å². The number of ether oxygens (including phenoxy) is 1. The van der Waals surface area contributed by atoms with Gasteiger partial charge in [0.15, 0.2) is 17.7 Å². The number of aromatic nitrogens is 4. The highest BCUT2D eigenvalue weighted by Crippen LogP contribution is 2.32. The van der Waals surface area contributed by atoms with Gasteiger partial charge in [-0.05, 0) is 0 Å². The number of anilines is 1. The largest absolute Gasteiger partial charge is 0.872 e. The number of hydrogen-bond acceptors (Lipinski definition) is 12. The molecule has 1 fully saturated rings. The molecule has 0 spiro atoms. The molecule has 15 heteroatoms. The van der Waals surface area contributed by atoms with Crippen molar-refractivity contribution in [1.29, 1.82) is 0 Å². The molecule has 170 valence electrons. The number of imidazole rings is 1. The molecule has 1 aromatic carbocycles. The normalized spacial score (nSPS) is 23.4. The summed E-state index contributed by atoms with van der Waals surface area (Å²) in [7, 11) is -4.65. The predicted octanol–water partition coefficient (Wildman–Crippen LogP) is -2.21. The molecule has 0 bridgehead atoms. The SMILES string of the molecule is Nc1ncnc2c1ncn2[C@@H]1O[C@H](COS(=O)(=O)NC(=O)c2ccccc2[O-])C(O)C1O. The lowest BCUT2D eigenvalue weighted by Crippen LogP contribution is -2.38. The molecular weight excluding hydrogens is 448 g/mol. The summed E-state index contributed by atoms with van der Waals surface area (Å²) < 4.78 is 37.3.